The number of carboxylic acid groups (broad SMARTS) is 1. The lowest BCUT2D eigenvalue weighted by Gasteiger charge is -2.14. The van der Waals surface area contributed by atoms with Crippen LogP contribution in [0.1, 0.15) is 12.5 Å². The third kappa shape index (κ3) is 3.61. The Morgan fingerprint density at radius 1 is 1.05 bits per heavy atom. The van der Waals surface area contributed by atoms with Gasteiger partial charge in [0, 0.05) is 0 Å². The van der Waals surface area contributed by atoms with Crippen LogP contribution < -0.4 is 0 Å². The summed E-state index contributed by atoms with van der Waals surface area (Å²) in [7, 11) is 0. The van der Waals surface area contributed by atoms with Crippen molar-refractivity contribution in [3.63, 3.8) is 0 Å². The van der Waals surface area contributed by atoms with Crippen molar-refractivity contribution in [2.75, 3.05) is 0 Å². The highest BCUT2D eigenvalue weighted by molar-refractivity contribution is 6.22. The first-order valence-electron chi connectivity index (χ1n) is 6.59. The van der Waals surface area contributed by atoms with Gasteiger partial charge in [0.1, 0.15) is 0 Å². The van der Waals surface area contributed by atoms with Gasteiger partial charge in [-0.15, -0.1) is 11.6 Å². The zero-order valence-electron chi connectivity index (χ0n) is 11.3. The number of carboxylic acids is 1. The van der Waals surface area contributed by atoms with E-state index in [-0.39, 0.29) is 0 Å². The molecule has 3 heteroatoms. The van der Waals surface area contributed by atoms with Crippen molar-refractivity contribution in [3.8, 4) is 11.1 Å². The Labute approximate surface area is 124 Å². The number of rotatable bonds is 5. The number of hydrogen-bond donors (Lipinski definition) is 1. The maximum Gasteiger partial charge on any atom is 0.307 e. The fourth-order valence-electron chi connectivity index (χ4n) is 2.02. The molecule has 2 rings (SSSR count). The van der Waals surface area contributed by atoms with Crippen molar-refractivity contribution in [2.45, 2.75) is 18.7 Å². The predicted octanol–water partition coefficient (Wildman–Crippen LogP) is 4.22. The maximum atomic E-state index is 10.9. The van der Waals surface area contributed by atoms with Gasteiger partial charge >= 0.3 is 5.97 Å². The molecule has 104 valence electrons. The molecule has 2 aromatic carbocycles. The van der Waals surface area contributed by atoms with E-state index in [1.54, 1.807) is 6.92 Å². The summed E-state index contributed by atoms with van der Waals surface area (Å²) in [5, 5.41) is 8.55. The van der Waals surface area contributed by atoms with Gasteiger partial charge in [0.05, 0.1) is 11.3 Å². The number of aliphatic carboxylic acids is 1. The van der Waals surface area contributed by atoms with E-state index in [0.717, 1.165) is 11.1 Å². The maximum absolute atomic E-state index is 10.9. The van der Waals surface area contributed by atoms with Gasteiger partial charge in [-0.25, -0.2) is 0 Å². The van der Waals surface area contributed by atoms with Gasteiger partial charge in [-0.1, -0.05) is 61.5 Å². The quantitative estimate of drug-likeness (QED) is 0.836. The molecule has 0 amide bonds. The van der Waals surface area contributed by atoms with Gasteiger partial charge in [-0.2, -0.15) is 0 Å². The van der Waals surface area contributed by atoms with Crippen molar-refractivity contribution >= 4 is 17.6 Å². The molecule has 0 aromatic heterocycles. The van der Waals surface area contributed by atoms with Crippen LogP contribution in [0.4, 0.5) is 0 Å². The standard InChI is InChI=1S/C17H17ClO2/c1-12(17(19)20)16(18)11-13-7-9-15(10-8-13)14-5-3-2-4-6-14/h2-10,12,16H,11H2,1H3,(H,19,20). The monoisotopic (exact) mass is 288 g/mol. The molecule has 0 saturated carbocycles. The zero-order chi connectivity index (χ0) is 14.5. The Bertz CT molecular complexity index is 563. The molecule has 2 nitrogen and oxygen atoms in total. The summed E-state index contributed by atoms with van der Waals surface area (Å²) < 4.78 is 0. The van der Waals surface area contributed by atoms with Crippen LogP contribution in [0.5, 0.6) is 0 Å². The first kappa shape index (κ1) is 14.6. The molecule has 0 saturated heterocycles. The van der Waals surface area contributed by atoms with Crippen molar-refractivity contribution < 1.29 is 9.90 Å². The van der Waals surface area contributed by atoms with E-state index in [9.17, 15) is 4.79 Å². The van der Waals surface area contributed by atoms with E-state index in [2.05, 4.69) is 12.1 Å². The van der Waals surface area contributed by atoms with E-state index in [1.807, 2.05) is 42.5 Å². The topological polar surface area (TPSA) is 37.3 Å². The van der Waals surface area contributed by atoms with Gasteiger partial charge in [0.2, 0.25) is 0 Å². The Balaban J connectivity index is 2.07. The molecular weight excluding hydrogens is 272 g/mol. The molecule has 0 heterocycles. The molecule has 0 aliphatic rings. The van der Waals surface area contributed by atoms with Gasteiger partial charge in [0.15, 0.2) is 0 Å². The molecule has 0 bridgehead atoms. The van der Waals surface area contributed by atoms with Gasteiger partial charge in [0.25, 0.3) is 0 Å². The Morgan fingerprint density at radius 3 is 2.15 bits per heavy atom. The minimum Gasteiger partial charge on any atom is -0.481 e. The summed E-state index contributed by atoms with van der Waals surface area (Å²) in [5.74, 6) is -1.41. The summed E-state index contributed by atoms with van der Waals surface area (Å²) in [6.45, 7) is 1.64. The fraction of sp³-hybridized carbons (Fsp3) is 0.235. The van der Waals surface area contributed by atoms with Crippen LogP contribution in [0.25, 0.3) is 11.1 Å². The Kier molecular flexibility index (Phi) is 4.80. The highest BCUT2D eigenvalue weighted by Gasteiger charge is 2.21. The Morgan fingerprint density at radius 2 is 1.60 bits per heavy atom. The second kappa shape index (κ2) is 6.58. The lowest BCUT2D eigenvalue weighted by atomic mass is 9.98. The molecule has 1 N–H and O–H groups in total. The third-order valence-corrected chi connectivity index (χ3v) is 3.96. The molecule has 20 heavy (non-hydrogen) atoms. The zero-order valence-corrected chi connectivity index (χ0v) is 12.0. The molecule has 2 atom stereocenters. The Hall–Kier alpha value is -1.80. The van der Waals surface area contributed by atoms with E-state index in [1.165, 1.54) is 5.56 Å². The number of hydrogen-bond acceptors (Lipinski definition) is 1. The second-order valence-corrected chi connectivity index (χ2v) is 5.47. The summed E-state index contributed by atoms with van der Waals surface area (Å²) in [6.07, 6.45) is 0.560. The van der Waals surface area contributed by atoms with Crippen molar-refractivity contribution in [2.24, 2.45) is 5.92 Å². The van der Waals surface area contributed by atoms with E-state index in [0.29, 0.717) is 6.42 Å². The number of halogens is 1. The summed E-state index contributed by atoms with van der Waals surface area (Å²) >= 11 is 6.14. The van der Waals surface area contributed by atoms with Gasteiger partial charge in [-0.3, -0.25) is 4.79 Å². The highest BCUT2D eigenvalue weighted by Crippen LogP contribution is 2.22. The molecule has 2 aromatic rings. The van der Waals surface area contributed by atoms with Crippen molar-refractivity contribution in [1.29, 1.82) is 0 Å². The molecule has 0 aliphatic heterocycles. The van der Waals surface area contributed by atoms with Gasteiger partial charge < -0.3 is 5.11 Å². The smallest absolute Gasteiger partial charge is 0.307 e. The van der Waals surface area contributed by atoms with E-state index < -0.39 is 17.3 Å². The fourth-order valence-corrected chi connectivity index (χ4v) is 2.31. The minimum absolute atomic E-state index is 0.393. The molecule has 2 unspecified atom stereocenters. The van der Waals surface area contributed by atoms with E-state index in [4.69, 9.17) is 16.7 Å². The molecule has 0 radical (unpaired) electrons. The molecule has 0 aliphatic carbocycles. The summed E-state index contributed by atoms with van der Waals surface area (Å²) in [5.41, 5.74) is 3.37. The number of alkyl halides is 1. The number of benzene rings is 2. The lowest BCUT2D eigenvalue weighted by Crippen LogP contribution is -2.22. The average Bonchev–Trinajstić information content (AvgIpc) is 2.48. The first-order chi connectivity index (χ1) is 9.58. The number of carbonyl (C=O) groups is 1. The van der Waals surface area contributed by atoms with Crippen molar-refractivity contribution in [1.82, 2.24) is 0 Å². The SMILES string of the molecule is CC(C(=O)O)C(Cl)Cc1ccc(-c2ccccc2)cc1. The van der Waals surface area contributed by atoms with Gasteiger partial charge in [-0.05, 0) is 23.1 Å². The largest absolute Gasteiger partial charge is 0.481 e. The molecule has 0 fully saturated rings. The lowest BCUT2D eigenvalue weighted by molar-refractivity contribution is -0.141. The van der Waals surface area contributed by atoms with Crippen LogP contribution >= 0.6 is 11.6 Å². The van der Waals surface area contributed by atoms with Crippen LogP contribution in [0.15, 0.2) is 54.6 Å². The highest BCUT2D eigenvalue weighted by atomic mass is 35.5. The van der Waals surface area contributed by atoms with Crippen LogP contribution in [0.3, 0.4) is 0 Å². The van der Waals surface area contributed by atoms with E-state index >= 15 is 0 Å². The predicted molar refractivity (Wildman–Crippen MR) is 82.0 cm³/mol. The first-order valence-corrected chi connectivity index (χ1v) is 7.03. The minimum atomic E-state index is -0.856. The van der Waals surface area contributed by atoms with Crippen LogP contribution in [-0.2, 0) is 11.2 Å². The molecule has 0 spiro atoms. The van der Waals surface area contributed by atoms with Crippen LogP contribution in [-0.4, -0.2) is 16.5 Å². The summed E-state index contributed by atoms with van der Waals surface area (Å²) in [6, 6.07) is 18.2. The summed E-state index contributed by atoms with van der Waals surface area (Å²) in [4.78, 5) is 10.9. The normalized spacial score (nSPS) is 13.7. The third-order valence-electron chi connectivity index (χ3n) is 3.42. The van der Waals surface area contributed by atoms with Crippen LogP contribution in [0, 0.1) is 5.92 Å². The average molecular weight is 289 g/mol. The second-order valence-electron chi connectivity index (χ2n) is 4.91. The molecular formula is C17H17ClO2. The van der Waals surface area contributed by atoms with Crippen LogP contribution in [0.2, 0.25) is 0 Å². The van der Waals surface area contributed by atoms with Crippen molar-refractivity contribution in [3.05, 3.63) is 60.2 Å².